The molecule has 0 fully saturated rings. The van der Waals surface area contributed by atoms with Crippen LogP contribution in [0, 0.1) is 0 Å². The van der Waals surface area contributed by atoms with Gasteiger partial charge in [-0.2, -0.15) is 0 Å². The Kier molecular flexibility index (Phi) is 5.43. The number of amides is 3. The van der Waals surface area contributed by atoms with Crippen LogP contribution in [-0.2, 0) is 9.59 Å². The molecule has 0 radical (unpaired) electrons. The van der Waals surface area contributed by atoms with Gasteiger partial charge in [-0.1, -0.05) is 42.5 Å². The lowest BCUT2D eigenvalue weighted by Gasteiger charge is -2.29. The molecule has 1 heterocycles. The Morgan fingerprint density at radius 2 is 1.60 bits per heavy atom. The summed E-state index contributed by atoms with van der Waals surface area (Å²) in [6.07, 6.45) is 0. The number of nitrogens with zero attached hydrogens (tertiary/aromatic N) is 1. The van der Waals surface area contributed by atoms with Gasteiger partial charge < -0.3 is 16.0 Å². The van der Waals surface area contributed by atoms with Crippen molar-refractivity contribution in [2.24, 2.45) is 0 Å². The lowest BCUT2D eigenvalue weighted by atomic mass is 10.1. The quantitative estimate of drug-likeness (QED) is 0.613. The van der Waals surface area contributed by atoms with Crippen LogP contribution in [0.2, 0.25) is 0 Å². The predicted octanol–water partition coefficient (Wildman–Crippen LogP) is 3.34. The molecule has 3 aromatic carbocycles. The number of hydrogen-bond donors (Lipinski definition) is 3. The molecule has 3 N–H and O–H groups in total. The average molecular weight is 400 g/mol. The van der Waals surface area contributed by atoms with Gasteiger partial charge >= 0.3 is 0 Å². The summed E-state index contributed by atoms with van der Waals surface area (Å²) in [6, 6.07) is 23.3. The SMILES string of the molecule is O=C1CN(C(=O)CNc2ccccc2C(=O)Nc2ccccc2)c2ccccc2N1. The summed E-state index contributed by atoms with van der Waals surface area (Å²) in [5.41, 5.74) is 2.90. The summed E-state index contributed by atoms with van der Waals surface area (Å²) in [4.78, 5) is 38.9. The van der Waals surface area contributed by atoms with Crippen LogP contribution in [-0.4, -0.2) is 30.8 Å². The van der Waals surface area contributed by atoms with Crippen LogP contribution < -0.4 is 20.9 Å². The molecule has 3 amide bonds. The normalized spacial score (nSPS) is 12.5. The van der Waals surface area contributed by atoms with Crippen LogP contribution in [0.15, 0.2) is 78.9 Å². The highest BCUT2D eigenvalue weighted by Crippen LogP contribution is 2.29. The highest BCUT2D eigenvalue weighted by atomic mass is 16.2. The molecule has 1 aliphatic heterocycles. The van der Waals surface area contributed by atoms with Crippen molar-refractivity contribution in [3.63, 3.8) is 0 Å². The third-order valence-corrected chi connectivity index (χ3v) is 4.71. The summed E-state index contributed by atoms with van der Waals surface area (Å²) >= 11 is 0. The van der Waals surface area contributed by atoms with Gasteiger partial charge in [0.15, 0.2) is 0 Å². The van der Waals surface area contributed by atoms with Crippen LogP contribution in [0.5, 0.6) is 0 Å². The first-order chi connectivity index (χ1) is 14.6. The Labute approximate surface area is 173 Å². The van der Waals surface area contributed by atoms with E-state index in [1.165, 1.54) is 4.90 Å². The molecule has 0 saturated heterocycles. The van der Waals surface area contributed by atoms with Crippen LogP contribution in [0.3, 0.4) is 0 Å². The minimum absolute atomic E-state index is 0.0479. The molecule has 0 spiro atoms. The number of fused-ring (bicyclic) bond motifs is 1. The highest BCUT2D eigenvalue weighted by molar-refractivity contribution is 6.11. The zero-order valence-electron chi connectivity index (χ0n) is 16.1. The third kappa shape index (κ3) is 4.15. The molecule has 7 heteroatoms. The molecule has 30 heavy (non-hydrogen) atoms. The average Bonchev–Trinajstić information content (AvgIpc) is 2.77. The molecule has 0 aliphatic carbocycles. The van der Waals surface area contributed by atoms with Crippen LogP contribution >= 0.6 is 0 Å². The lowest BCUT2D eigenvalue weighted by Crippen LogP contribution is -2.44. The number of rotatable bonds is 5. The second-order valence-electron chi connectivity index (χ2n) is 6.76. The van der Waals surface area contributed by atoms with Gasteiger partial charge in [-0.15, -0.1) is 0 Å². The van der Waals surface area contributed by atoms with E-state index in [4.69, 9.17) is 0 Å². The monoisotopic (exact) mass is 400 g/mol. The summed E-state index contributed by atoms with van der Waals surface area (Å²) < 4.78 is 0. The van der Waals surface area contributed by atoms with E-state index in [0.717, 1.165) is 0 Å². The highest BCUT2D eigenvalue weighted by Gasteiger charge is 2.26. The van der Waals surface area contributed by atoms with Crippen molar-refractivity contribution < 1.29 is 14.4 Å². The molecule has 1 aliphatic rings. The van der Waals surface area contributed by atoms with Crippen molar-refractivity contribution in [3.8, 4) is 0 Å². The molecule has 3 aromatic rings. The van der Waals surface area contributed by atoms with Gasteiger partial charge in [0.2, 0.25) is 11.8 Å². The minimum Gasteiger partial charge on any atom is -0.375 e. The topological polar surface area (TPSA) is 90.5 Å². The van der Waals surface area contributed by atoms with E-state index >= 15 is 0 Å². The zero-order chi connectivity index (χ0) is 20.9. The zero-order valence-corrected chi connectivity index (χ0v) is 16.1. The Balaban J connectivity index is 1.48. The molecule has 0 aromatic heterocycles. The fourth-order valence-electron chi connectivity index (χ4n) is 3.28. The maximum Gasteiger partial charge on any atom is 0.257 e. The van der Waals surface area contributed by atoms with Crippen molar-refractivity contribution in [1.82, 2.24) is 0 Å². The fourth-order valence-corrected chi connectivity index (χ4v) is 3.28. The molecule has 150 valence electrons. The summed E-state index contributed by atoms with van der Waals surface area (Å²) in [5.74, 6) is -0.792. The summed E-state index contributed by atoms with van der Waals surface area (Å²) in [6.45, 7) is -0.106. The number of anilines is 4. The summed E-state index contributed by atoms with van der Waals surface area (Å²) in [5, 5.41) is 8.64. The molecule has 0 bridgehead atoms. The third-order valence-electron chi connectivity index (χ3n) is 4.71. The van der Waals surface area contributed by atoms with Gasteiger partial charge in [0.25, 0.3) is 5.91 Å². The fraction of sp³-hybridized carbons (Fsp3) is 0.0870. The van der Waals surface area contributed by atoms with Gasteiger partial charge in [-0.05, 0) is 36.4 Å². The first kappa shape index (κ1) is 19.2. The van der Waals surface area contributed by atoms with Crippen molar-refractivity contribution in [1.29, 1.82) is 0 Å². The minimum atomic E-state index is -0.278. The van der Waals surface area contributed by atoms with E-state index in [-0.39, 0.29) is 30.8 Å². The van der Waals surface area contributed by atoms with Crippen LogP contribution in [0.4, 0.5) is 22.7 Å². The largest absolute Gasteiger partial charge is 0.375 e. The summed E-state index contributed by atoms with van der Waals surface area (Å²) in [7, 11) is 0. The van der Waals surface area contributed by atoms with Crippen molar-refractivity contribution >= 4 is 40.5 Å². The van der Waals surface area contributed by atoms with Gasteiger partial charge in [-0.3, -0.25) is 19.3 Å². The van der Waals surface area contributed by atoms with Crippen LogP contribution in [0.25, 0.3) is 0 Å². The molecule has 7 nitrogen and oxygen atoms in total. The molecular formula is C23H20N4O3. The Hall–Kier alpha value is -4.13. The van der Waals surface area contributed by atoms with Gasteiger partial charge in [0.05, 0.1) is 23.5 Å². The van der Waals surface area contributed by atoms with E-state index in [0.29, 0.717) is 28.3 Å². The number of para-hydroxylation sites is 4. The molecule has 0 saturated carbocycles. The molecular weight excluding hydrogens is 380 g/mol. The van der Waals surface area contributed by atoms with Crippen LogP contribution in [0.1, 0.15) is 10.4 Å². The standard InChI is InChI=1S/C23H20N4O3/c28-21-15-27(20-13-7-6-12-19(20)26-21)22(29)14-24-18-11-5-4-10-17(18)23(30)25-16-8-2-1-3-9-16/h1-13,24H,14-15H2,(H,25,30)(H,26,28). The van der Waals surface area contributed by atoms with Gasteiger partial charge in [0, 0.05) is 11.4 Å². The second-order valence-corrected chi connectivity index (χ2v) is 6.76. The molecule has 4 rings (SSSR count). The Morgan fingerprint density at radius 1 is 0.900 bits per heavy atom. The first-order valence-electron chi connectivity index (χ1n) is 9.50. The Morgan fingerprint density at radius 3 is 2.43 bits per heavy atom. The second kappa shape index (κ2) is 8.48. The van der Waals surface area contributed by atoms with Gasteiger partial charge in [-0.25, -0.2) is 0 Å². The maximum absolute atomic E-state index is 12.8. The van der Waals surface area contributed by atoms with Crippen molar-refractivity contribution in [3.05, 3.63) is 84.4 Å². The van der Waals surface area contributed by atoms with Crippen molar-refractivity contribution in [2.75, 3.05) is 33.9 Å². The van der Waals surface area contributed by atoms with Crippen molar-refractivity contribution in [2.45, 2.75) is 0 Å². The van der Waals surface area contributed by atoms with E-state index < -0.39 is 0 Å². The Bertz CT molecular complexity index is 1100. The number of benzene rings is 3. The maximum atomic E-state index is 12.8. The number of carbonyl (C=O) groups excluding carboxylic acids is 3. The lowest BCUT2D eigenvalue weighted by molar-refractivity contribution is -0.120. The number of carbonyl (C=O) groups is 3. The number of hydrogen-bond acceptors (Lipinski definition) is 4. The van der Waals surface area contributed by atoms with E-state index in [2.05, 4.69) is 16.0 Å². The van der Waals surface area contributed by atoms with Gasteiger partial charge in [0.1, 0.15) is 6.54 Å². The van der Waals surface area contributed by atoms with E-state index in [1.807, 2.05) is 24.3 Å². The smallest absolute Gasteiger partial charge is 0.257 e. The molecule has 0 atom stereocenters. The predicted molar refractivity (Wildman–Crippen MR) is 117 cm³/mol. The first-order valence-corrected chi connectivity index (χ1v) is 9.50. The molecule has 0 unspecified atom stereocenters. The number of nitrogens with one attached hydrogen (secondary N) is 3. The van der Waals surface area contributed by atoms with E-state index in [1.54, 1.807) is 54.6 Å². The van der Waals surface area contributed by atoms with E-state index in [9.17, 15) is 14.4 Å².